The minimum Gasteiger partial charge on any atom is -0.484 e. The van der Waals surface area contributed by atoms with Crippen molar-refractivity contribution in [3.63, 3.8) is 0 Å². The molecule has 1 heterocycles. The number of rotatable bonds is 7. The fourth-order valence-corrected chi connectivity index (χ4v) is 4.38. The van der Waals surface area contributed by atoms with E-state index < -0.39 is 0 Å². The normalized spacial score (nSPS) is 15.3. The molecule has 2 aromatic carbocycles. The number of nitrogens with zero attached hydrogens (tertiary/aromatic N) is 4. The van der Waals surface area contributed by atoms with Gasteiger partial charge in [-0.2, -0.15) is 0 Å². The fraction of sp³-hybridized carbons (Fsp3) is 0.500. The van der Waals surface area contributed by atoms with Crippen molar-refractivity contribution in [1.82, 2.24) is 9.80 Å². The van der Waals surface area contributed by atoms with Crippen LogP contribution in [-0.4, -0.2) is 88.3 Å². The van der Waals surface area contributed by atoms with Crippen LogP contribution in [0.2, 0.25) is 0 Å². The summed E-state index contributed by atoms with van der Waals surface area (Å²) in [4.78, 5) is 34.4. The summed E-state index contributed by atoms with van der Waals surface area (Å²) in [6.45, 7) is 7.47. The molecule has 8 heteroatoms. The molecule has 0 saturated heterocycles. The molecule has 0 aromatic heterocycles. The lowest BCUT2D eigenvalue weighted by Gasteiger charge is -2.30. The molecule has 1 aliphatic rings. The van der Waals surface area contributed by atoms with Gasteiger partial charge in [0.25, 0.3) is 11.8 Å². The number of carbonyl (C=O) groups excluding carboxylic acids is 2. The third-order valence-electron chi connectivity index (χ3n) is 6.48. The van der Waals surface area contributed by atoms with Gasteiger partial charge in [0.1, 0.15) is 12.4 Å². The zero-order chi connectivity index (χ0) is 26.1. The second-order valence-corrected chi connectivity index (χ2v) is 9.59. The van der Waals surface area contributed by atoms with Crippen molar-refractivity contribution in [2.24, 2.45) is 0 Å². The Hall–Kier alpha value is -3.10. The summed E-state index contributed by atoms with van der Waals surface area (Å²) in [7, 11) is 5.47. The molecule has 0 spiro atoms. The molecule has 1 aliphatic heterocycles. The number of hydrogen-bond donors (Lipinski definition) is 0. The van der Waals surface area contributed by atoms with Crippen LogP contribution in [0.15, 0.2) is 48.5 Å². The van der Waals surface area contributed by atoms with Crippen molar-refractivity contribution in [1.29, 1.82) is 0 Å². The van der Waals surface area contributed by atoms with Crippen LogP contribution in [0.25, 0.3) is 0 Å². The Morgan fingerprint density at radius 1 is 0.944 bits per heavy atom. The zero-order valence-electron chi connectivity index (χ0n) is 22.3. The standard InChI is InChI=1S/C28H40N4O4/c1-22(2)30-14-9-15-32(28(34)20-35-5)26-13-7-6-10-23(26)19-31(17-16-30)27(33)21-36-25-12-8-11-24(18-25)29(3)4/h6-8,10-13,18,22H,9,14-17,19-21H2,1-5H3. The molecule has 0 N–H and O–H groups in total. The molecule has 2 amide bonds. The molecule has 0 saturated carbocycles. The van der Waals surface area contributed by atoms with Crippen molar-refractivity contribution in [2.75, 3.05) is 70.4 Å². The first kappa shape index (κ1) is 27.5. The number of ether oxygens (including phenoxy) is 2. The highest BCUT2D eigenvalue weighted by Gasteiger charge is 2.24. The van der Waals surface area contributed by atoms with Gasteiger partial charge in [-0.25, -0.2) is 0 Å². The van der Waals surface area contributed by atoms with Crippen molar-refractivity contribution in [3.05, 3.63) is 54.1 Å². The van der Waals surface area contributed by atoms with Crippen LogP contribution in [0.5, 0.6) is 5.75 Å². The van der Waals surface area contributed by atoms with Gasteiger partial charge in [0.15, 0.2) is 6.61 Å². The summed E-state index contributed by atoms with van der Waals surface area (Å²) in [5, 5.41) is 0. The summed E-state index contributed by atoms with van der Waals surface area (Å²) in [5.74, 6) is 0.494. The van der Waals surface area contributed by atoms with E-state index in [1.807, 2.05) is 72.4 Å². The Kier molecular flexibility index (Phi) is 10.1. The highest BCUT2D eigenvalue weighted by atomic mass is 16.5. The average Bonchev–Trinajstić information content (AvgIpc) is 2.90. The number of fused-ring (bicyclic) bond motifs is 1. The molecule has 0 bridgehead atoms. The van der Waals surface area contributed by atoms with E-state index in [1.54, 1.807) is 4.90 Å². The second kappa shape index (κ2) is 13.3. The Morgan fingerprint density at radius 2 is 1.72 bits per heavy atom. The van der Waals surface area contributed by atoms with Gasteiger partial charge in [0, 0.05) is 77.4 Å². The van der Waals surface area contributed by atoms with Gasteiger partial charge in [-0.15, -0.1) is 0 Å². The summed E-state index contributed by atoms with van der Waals surface area (Å²) in [6.07, 6.45) is 0.835. The minimum atomic E-state index is -0.0854. The Bertz CT molecular complexity index is 1010. The maximum absolute atomic E-state index is 13.4. The molecule has 36 heavy (non-hydrogen) atoms. The molecule has 0 fully saturated rings. The topological polar surface area (TPSA) is 65.6 Å². The second-order valence-electron chi connectivity index (χ2n) is 9.59. The number of anilines is 2. The zero-order valence-corrected chi connectivity index (χ0v) is 22.3. The summed E-state index contributed by atoms with van der Waals surface area (Å²) in [6, 6.07) is 15.9. The first-order valence-corrected chi connectivity index (χ1v) is 12.6. The van der Waals surface area contributed by atoms with Gasteiger partial charge >= 0.3 is 0 Å². The summed E-state index contributed by atoms with van der Waals surface area (Å²) in [5.41, 5.74) is 2.77. The predicted molar refractivity (Wildman–Crippen MR) is 144 cm³/mol. The van der Waals surface area contributed by atoms with E-state index in [4.69, 9.17) is 9.47 Å². The molecule has 8 nitrogen and oxygen atoms in total. The molecule has 0 aliphatic carbocycles. The monoisotopic (exact) mass is 496 g/mol. The highest BCUT2D eigenvalue weighted by molar-refractivity contribution is 5.95. The molecule has 2 aromatic rings. The van der Waals surface area contributed by atoms with Crippen LogP contribution in [0, 0.1) is 0 Å². The van der Waals surface area contributed by atoms with Crippen LogP contribution in [-0.2, 0) is 20.9 Å². The lowest BCUT2D eigenvalue weighted by atomic mass is 10.1. The van der Waals surface area contributed by atoms with E-state index in [9.17, 15) is 9.59 Å². The van der Waals surface area contributed by atoms with E-state index in [0.29, 0.717) is 31.4 Å². The van der Waals surface area contributed by atoms with E-state index in [2.05, 4.69) is 18.7 Å². The lowest BCUT2D eigenvalue weighted by Crippen LogP contribution is -2.42. The number of para-hydroxylation sites is 1. The van der Waals surface area contributed by atoms with Crippen molar-refractivity contribution >= 4 is 23.2 Å². The van der Waals surface area contributed by atoms with Crippen molar-refractivity contribution < 1.29 is 19.1 Å². The molecule has 0 atom stereocenters. The van der Waals surface area contributed by atoms with E-state index >= 15 is 0 Å². The minimum absolute atomic E-state index is 0.0186. The molecular formula is C28H40N4O4. The van der Waals surface area contributed by atoms with E-state index in [0.717, 1.165) is 36.4 Å². The van der Waals surface area contributed by atoms with E-state index in [-0.39, 0.29) is 25.0 Å². The smallest absolute Gasteiger partial charge is 0.260 e. The molecule has 196 valence electrons. The van der Waals surface area contributed by atoms with Crippen LogP contribution in [0.1, 0.15) is 25.8 Å². The third kappa shape index (κ3) is 7.45. The number of carbonyl (C=O) groups is 2. The maximum atomic E-state index is 13.4. The van der Waals surface area contributed by atoms with Crippen molar-refractivity contribution in [2.45, 2.75) is 32.9 Å². The quantitative estimate of drug-likeness (QED) is 0.586. The number of hydrogen-bond acceptors (Lipinski definition) is 6. The lowest BCUT2D eigenvalue weighted by molar-refractivity contribution is -0.134. The molecule has 3 rings (SSSR count). The number of amides is 2. The molecule has 0 unspecified atom stereocenters. The van der Waals surface area contributed by atoms with Crippen LogP contribution < -0.4 is 14.5 Å². The van der Waals surface area contributed by atoms with Gasteiger partial charge in [0.05, 0.1) is 0 Å². The first-order valence-electron chi connectivity index (χ1n) is 12.6. The maximum Gasteiger partial charge on any atom is 0.260 e. The number of benzene rings is 2. The van der Waals surface area contributed by atoms with Gasteiger partial charge in [-0.1, -0.05) is 24.3 Å². The highest BCUT2D eigenvalue weighted by Crippen LogP contribution is 2.24. The van der Waals surface area contributed by atoms with Gasteiger partial charge in [-0.3, -0.25) is 14.5 Å². The Morgan fingerprint density at radius 3 is 2.44 bits per heavy atom. The van der Waals surface area contributed by atoms with Crippen molar-refractivity contribution in [3.8, 4) is 5.75 Å². The van der Waals surface area contributed by atoms with Gasteiger partial charge in [-0.05, 0) is 44.0 Å². The van der Waals surface area contributed by atoms with Crippen LogP contribution >= 0.6 is 0 Å². The first-order chi connectivity index (χ1) is 17.3. The van der Waals surface area contributed by atoms with E-state index in [1.165, 1.54) is 7.11 Å². The SMILES string of the molecule is COCC(=O)N1CCCN(C(C)C)CCN(C(=O)COc2cccc(N(C)C)c2)Cc2ccccc21. The fourth-order valence-electron chi connectivity index (χ4n) is 4.38. The largest absolute Gasteiger partial charge is 0.484 e. The number of methoxy groups -OCH3 is 1. The summed E-state index contributed by atoms with van der Waals surface area (Å²) >= 11 is 0. The van der Waals surface area contributed by atoms with Crippen LogP contribution in [0.3, 0.4) is 0 Å². The van der Waals surface area contributed by atoms with Gasteiger partial charge < -0.3 is 24.2 Å². The third-order valence-corrected chi connectivity index (χ3v) is 6.48. The Labute approximate surface area is 215 Å². The van der Waals surface area contributed by atoms with Crippen LogP contribution in [0.4, 0.5) is 11.4 Å². The summed E-state index contributed by atoms with van der Waals surface area (Å²) < 4.78 is 11.1. The molecular weight excluding hydrogens is 456 g/mol. The predicted octanol–water partition coefficient (Wildman–Crippen LogP) is 3.25. The van der Waals surface area contributed by atoms with Gasteiger partial charge in [0.2, 0.25) is 0 Å². The Balaban J connectivity index is 1.85. The molecule has 0 radical (unpaired) electrons. The average molecular weight is 497 g/mol.